The van der Waals surface area contributed by atoms with Gasteiger partial charge in [0, 0.05) is 5.56 Å². The van der Waals surface area contributed by atoms with Gasteiger partial charge in [-0.1, -0.05) is 29.8 Å². The van der Waals surface area contributed by atoms with Crippen LogP contribution in [0, 0.1) is 12.7 Å². The van der Waals surface area contributed by atoms with Crippen molar-refractivity contribution >= 4 is 0 Å². The summed E-state index contributed by atoms with van der Waals surface area (Å²) < 4.78 is 43.0. The highest BCUT2D eigenvalue weighted by Crippen LogP contribution is 2.28. The van der Waals surface area contributed by atoms with Gasteiger partial charge in [-0.25, -0.2) is 4.39 Å². The highest BCUT2D eigenvalue weighted by Gasteiger charge is 2.17. The Labute approximate surface area is 121 Å². The molecule has 1 unspecified atom stereocenters. The molecule has 2 aromatic carbocycles. The molecule has 0 fully saturated rings. The van der Waals surface area contributed by atoms with E-state index < -0.39 is 12.7 Å². The second kappa shape index (κ2) is 6.63. The van der Waals surface area contributed by atoms with E-state index in [4.69, 9.17) is 0 Å². The minimum absolute atomic E-state index is 0.0517. The summed E-state index contributed by atoms with van der Waals surface area (Å²) >= 11 is 0. The number of aryl methyl sites for hydroxylation is 1. The van der Waals surface area contributed by atoms with E-state index in [0.717, 1.165) is 5.56 Å². The number of benzene rings is 2. The largest absolute Gasteiger partial charge is 0.435 e. The molecular formula is C16H16F3NO. The average Bonchev–Trinajstić information content (AvgIpc) is 2.43. The molecule has 21 heavy (non-hydrogen) atoms. The second-order valence-corrected chi connectivity index (χ2v) is 4.70. The van der Waals surface area contributed by atoms with Gasteiger partial charge in [-0.15, -0.1) is 0 Å². The minimum atomic E-state index is -2.89. The lowest BCUT2D eigenvalue weighted by atomic mass is 9.97. The first-order chi connectivity index (χ1) is 10.0. The molecule has 0 heterocycles. The maximum atomic E-state index is 14.0. The summed E-state index contributed by atoms with van der Waals surface area (Å²) in [6.45, 7) is -1.02. The number of nitrogens with one attached hydrogen (secondary N) is 1. The van der Waals surface area contributed by atoms with E-state index in [0.29, 0.717) is 11.1 Å². The molecule has 0 aliphatic rings. The zero-order valence-corrected chi connectivity index (χ0v) is 11.7. The van der Waals surface area contributed by atoms with Crippen LogP contribution in [-0.2, 0) is 0 Å². The SMILES string of the molecule is CNC(c1cccc(OC(F)F)c1)c1cc(C)ccc1F. The van der Waals surface area contributed by atoms with Gasteiger partial charge < -0.3 is 10.1 Å². The van der Waals surface area contributed by atoms with E-state index in [1.54, 1.807) is 31.3 Å². The minimum Gasteiger partial charge on any atom is -0.435 e. The first-order valence-electron chi connectivity index (χ1n) is 6.49. The highest BCUT2D eigenvalue weighted by molar-refractivity contribution is 5.38. The van der Waals surface area contributed by atoms with Crippen LogP contribution < -0.4 is 10.1 Å². The van der Waals surface area contributed by atoms with Gasteiger partial charge in [0.15, 0.2) is 0 Å². The topological polar surface area (TPSA) is 21.3 Å². The van der Waals surface area contributed by atoms with Gasteiger partial charge in [-0.05, 0) is 37.7 Å². The van der Waals surface area contributed by atoms with Crippen molar-refractivity contribution in [2.45, 2.75) is 19.6 Å². The Morgan fingerprint density at radius 2 is 1.86 bits per heavy atom. The Hall–Kier alpha value is -2.01. The lowest BCUT2D eigenvalue weighted by Crippen LogP contribution is -2.19. The predicted molar refractivity (Wildman–Crippen MR) is 75.1 cm³/mol. The summed E-state index contributed by atoms with van der Waals surface area (Å²) in [5.74, 6) is -0.295. The molecule has 0 spiro atoms. The third-order valence-electron chi connectivity index (χ3n) is 3.17. The van der Waals surface area contributed by atoms with Gasteiger partial charge in [0.2, 0.25) is 0 Å². The maximum absolute atomic E-state index is 14.0. The summed E-state index contributed by atoms with van der Waals surface area (Å²) in [7, 11) is 1.69. The summed E-state index contributed by atoms with van der Waals surface area (Å²) in [5, 5.41) is 3.00. The summed E-state index contributed by atoms with van der Waals surface area (Å²) in [5.41, 5.74) is 2.04. The van der Waals surface area contributed by atoms with Crippen molar-refractivity contribution in [3.8, 4) is 5.75 Å². The first kappa shape index (κ1) is 15.4. The molecule has 0 bridgehead atoms. The van der Waals surface area contributed by atoms with Crippen molar-refractivity contribution in [2.75, 3.05) is 7.05 Å². The first-order valence-corrected chi connectivity index (χ1v) is 6.49. The van der Waals surface area contributed by atoms with Crippen LogP contribution in [0.15, 0.2) is 42.5 Å². The number of hydrogen-bond donors (Lipinski definition) is 1. The normalized spacial score (nSPS) is 12.5. The highest BCUT2D eigenvalue weighted by atomic mass is 19.3. The van der Waals surface area contributed by atoms with E-state index in [9.17, 15) is 13.2 Å². The van der Waals surface area contributed by atoms with Crippen LogP contribution in [0.25, 0.3) is 0 Å². The van der Waals surface area contributed by atoms with Crippen molar-refractivity contribution < 1.29 is 17.9 Å². The quantitative estimate of drug-likeness (QED) is 0.898. The van der Waals surface area contributed by atoms with E-state index in [-0.39, 0.29) is 11.6 Å². The molecule has 0 aromatic heterocycles. The number of alkyl halides is 2. The second-order valence-electron chi connectivity index (χ2n) is 4.70. The van der Waals surface area contributed by atoms with Crippen LogP contribution in [0.1, 0.15) is 22.7 Å². The molecule has 2 aromatic rings. The molecule has 0 amide bonds. The van der Waals surface area contributed by atoms with Crippen molar-refractivity contribution in [1.82, 2.24) is 5.32 Å². The zero-order chi connectivity index (χ0) is 15.4. The Morgan fingerprint density at radius 3 is 2.52 bits per heavy atom. The van der Waals surface area contributed by atoms with E-state index >= 15 is 0 Å². The molecule has 0 saturated carbocycles. The monoisotopic (exact) mass is 295 g/mol. The molecule has 2 nitrogen and oxygen atoms in total. The van der Waals surface area contributed by atoms with Crippen LogP contribution >= 0.6 is 0 Å². The molecule has 5 heteroatoms. The number of rotatable bonds is 5. The lowest BCUT2D eigenvalue weighted by Gasteiger charge is -2.19. The van der Waals surface area contributed by atoms with Gasteiger partial charge >= 0.3 is 6.61 Å². The molecule has 0 saturated heterocycles. The molecule has 112 valence electrons. The van der Waals surface area contributed by atoms with Gasteiger partial charge in [0.25, 0.3) is 0 Å². The van der Waals surface area contributed by atoms with Crippen LogP contribution in [-0.4, -0.2) is 13.7 Å². The van der Waals surface area contributed by atoms with Crippen molar-refractivity contribution in [2.24, 2.45) is 0 Å². The third-order valence-corrected chi connectivity index (χ3v) is 3.17. The fourth-order valence-corrected chi connectivity index (χ4v) is 2.26. The van der Waals surface area contributed by atoms with Crippen molar-refractivity contribution in [3.05, 3.63) is 65.0 Å². The number of ether oxygens (including phenoxy) is 1. The van der Waals surface area contributed by atoms with Crippen LogP contribution in [0.5, 0.6) is 5.75 Å². The molecular weight excluding hydrogens is 279 g/mol. The molecule has 0 radical (unpaired) electrons. The van der Waals surface area contributed by atoms with Crippen LogP contribution in [0.2, 0.25) is 0 Å². The molecule has 1 N–H and O–H groups in total. The number of hydrogen-bond acceptors (Lipinski definition) is 2. The van der Waals surface area contributed by atoms with Gasteiger partial charge in [0.05, 0.1) is 6.04 Å². The number of halogens is 3. The van der Waals surface area contributed by atoms with Crippen LogP contribution in [0.4, 0.5) is 13.2 Å². The molecule has 0 aliphatic carbocycles. The Bertz CT molecular complexity index is 616. The van der Waals surface area contributed by atoms with Crippen molar-refractivity contribution in [1.29, 1.82) is 0 Å². The fourth-order valence-electron chi connectivity index (χ4n) is 2.26. The molecule has 1 atom stereocenters. The summed E-state index contributed by atoms with van der Waals surface area (Å²) in [4.78, 5) is 0. The predicted octanol–water partition coefficient (Wildman–Crippen LogP) is 4.04. The van der Waals surface area contributed by atoms with Gasteiger partial charge in [0.1, 0.15) is 11.6 Å². The van der Waals surface area contributed by atoms with Gasteiger partial charge in [-0.3, -0.25) is 0 Å². The zero-order valence-electron chi connectivity index (χ0n) is 11.7. The van der Waals surface area contributed by atoms with Crippen molar-refractivity contribution in [3.63, 3.8) is 0 Å². The third kappa shape index (κ3) is 3.76. The summed E-state index contributed by atoms with van der Waals surface area (Å²) in [6, 6.07) is 10.6. The Balaban J connectivity index is 2.39. The Morgan fingerprint density at radius 1 is 1.10 bits per heavy atom. The maximum Gasteiger partial charge on any atom is 0.387 e. The smallest absolute Gasteiger partial charge is 0.387 e. The van der Waals surface area contributed by atoms with E-state index in [1.807, 2.05) is 6.92 Å². The van der Waals surface area contributed by atoms with E-state index in [2.05, 4.69) is 10.1 Å². The van der Waals surface area contributed by atoms with Gasteiger partial charge in [-0.2, -0.15) is 8.78 Å². The fraction of sp³-hybridized carbons (Fsp3) is 0.250. The molecule has 2 rings (SSSR count). The standard InChI is InChI=1S/C16H16F3NO/c1-10-6-7-14(17)13(8-10)15(20-2)11-4-3-5-12(9-11)21-16(18)19/h3-9,15-16,20H,1-2H3. The molecule has 0 aliphatic heterocycles. The van der Waals surface area contributed by atoms with E-state index in [1.165, 1.54) is 18.2 Å². The summed E-state index contributed by atoms with van der Waals surface area (Å²) in [6.07, 6.45) is 0. The van der Waals surface area contributed by atoms with Crippen LogP contribution in [0.3, 0.4) is 0 Å². The average molecular weight is 295 g/mol. The Kier molecular flexibility index (Phi) is 4.85. The lowest BCUT2D eigenvalue weighted by molar-refractivity contribution is -0.0498.